The Morgan fingerprint density at radius 3 is 2.62 bits per heavy atom. The fraction of sp³-hybridized carbons (Fsp3) is 0.667. The van der Waals surface area contributed by atoms with Gasteiger partial charge in [0.25, 0.3) is 0 Å². The number of fused-ring (bicyclic) bond motifs is 1. The summed E-state index contributed by atoms with van der Waals surface area (Å²) >= 11 is 0. The van der Waals surface area contributed by atoms with Gasteiger partial charge in [0, 0.05) is 4.91 Å². The summed E-state index contributed by atoms with van der Waals surface area (Å²) in [6.07, 6.45) is -1.61. The Morgan fingerprint density at radius 1 is 1.48 bits per heavy atom. The van der Waals surface area contributed by atoms with E-state index in [2.05, 4.69) is 10.0 Å². The molecule has 0 bridgehead atoms. The summed E-state index contributed by atoms with van der Waals surface area (Å²) in [5.41, 5.74) is 7.50. The Hall–Kier alpha value is -2.09. The van der Waals surface area contributed by atoms with Crippen molar-refractivity contribution in [1.82, 2.24) is 4.90 Å². The van der Waals surface area contributed by atoms with Crippen LogP contribution in [-0.2, 0) is 14.3 Å². The molecule has 0 radical (unpaired) electrons. The Balaban J connectivity index is 2.31. The Kier molecular flexibility index (Phi) is 3.66. The van der Waals surface area contributed by atoms with Crippen LogP contribution >= 0.6 is 0 Å². The molecule has 4 atom stereocenters. The van der Waals surface area contributed by atoms with E-state index in [-0.39, 0.29) is 5.70 Å². The zero-order chi connectivity index (χ0) is 15.9. The van der Waals surface area contributed by atoms with Gasteiger partial charge in [-0.15, -0.1) is 0 Å². The Bertz CT molecular complexity index is 560. The molecule has 2 aliphatic rings. The lowest BCUT2D eigenvalue weighted by molar-refractivity contribution is -0.168. The smallest absolute Gasteiger partial charge is 0.355 e. The van der Waals surface area contributed by atoms with Gasteiger partial charge in [0.05, 0.1) is 6.04 Å². The van der Waals surface area contributed by atoms with Crippen molar-refractivity contribution in [3.8, 4) is 0 Å². The number of carbonyl (C=O) groups excluding carboxylic acids is 2. The molecule has 1 fully saturated rings. The van der Waals surface area contributed by atoms with Gasteiger partial charge in [0.2, 0.25) is 5.91 Å². The molecule has 9 heteroatoms. The van der Waals surface area contributed by atoms with Gasteiger partial charge in [0.1, 0.15) is 29.5 Å². The zero-order valence-corrected chi connectivity index (χ0v) is 11.8. The van der Waals surface area contributed by atoms with Crippen molar-refractivity contribution in [2.24, 2.45) is 5.11 Å². The first-order valence-electron chi connectivity index (χ1n) is 6.36. The molecular formula is C12H16N4O5. The highest BCUT2D eigenvalue weighted by atomic mass is 16.6. The molecule has 0 aromatic rings. The predicted octanol–water partition coefficient (Wildman–Crippen LogP) is -0.163. The van der Waals surface area contributed by atoms with Crippen LogP contribution in [0.1, 0.15) is 20.8 Å². The van der Waals surface area contributed by atoms with Gasteiger partial charge in [-0.05, 0) is 32.4 Å². The third-order valence-electron chi connectivity index (χ3n) is 3.18. The maximum absolute atomic E-state index is 12.1. The molecule has 0 unspecified atom stereocenters. The maximum atomic E-state index is 12.1. The SMILES string of the molecule is CC(C)(C)OC(=O)C1=C[C@H](O)[C@@H](O)[C@@H]2[C@H](N=[N+]=[N-])C(=O)N12. The summed E-state index contributed by atoms with van der Waals surface area (Å²) in [6.45, 7) is 4.99. The highest BCUT2D eigenvalue weighted by molar-refractivity contribution is 6.00. The third kappa shape index (κ3) is 2.58. The van der Waals surface area contributed by atoms with Crippen LogP contribution in [-0.4, -0.2) is 56.9 Å². The van der Waals surface area contributed by atoms with E-state index in [1.54, 1.807) is 20.8 Å². The topological polar surface area (TPSA) is 136 Å². The van der Waals surface area contributed by atoms with Gasteiger partial charge in [-0.3, -0.25) is 9.69 Å². The number of rotatable bonds is 2. The van der Waals surface area contributed by atoms with Gasteiger partial charge >= 0.3 is 5.97 Å². The number of β-lactam (4-membered cyclic amide) rings is 1. The van der Waals surface area contributed by atoms with Crippen LogP contribution in [0.4, 0.5) is 0 Å². The van der Waals surface area contributed by atoms with E-state index < -0.39 is 41.8 Å². The van der Waals surface area contributed by atoms with E-state index in [0.29, 0.717) is 0 Å². The number of carbonyl (C=O) groups is 2. The van der Waals surface area contributed by atoms with Crippen LogP contribution in [0.3, 0.4) is 0 Å². The second kappa shape index (κ2) is 5.03. The highest BCUT2D eigenvalue weighted by Gasteiger charge is 2.57. The molecule has 1 amide bonds. The molecular weight excluding hydrogens is 280 g/mol. The first kappa shape index (κ1) is 15.3. The molecule has 2 N–H and O–H groups in total. The van der Waals surface area contributed by atoms with Crippen molar-refractivity contribution >= 4 is 11.9 Å². The number of hydrogen-bond donors (Lipinski definition) is 2. The van der Waals surface area contributed by atoms with Gasteiger partial charge in [-0.2, -0.15) is 0 Å². The monoisotopic (exact) mass is 296 g/mol. The van der Waals surface area contributed by atoms with Crippen molar-refractivity contribution in [1.29, 1.82) is 0 Å². The maximum Gasteiger partial charge on any atom is 0.355 e. The average Bonchev–Trinajstić information content (AvgIpc) is 2.36. The summed E-state index contributed by atoms with van der Waals surface area (Å²) in [7, 11) is 0. The van der Waals surface area contributed by atoms with Gasteiger partial charge in [-0.1, -0.05) is 5.11 Å². The van der Waals surface area contributed by atoms with E-state index >= 15 is 0 Å². The molecule has 114 valence electrons. The van der Waals surface area contributed by atoms with Crippen molar-refractivity contribution < 1.29 is 24.5 Å². The van der Waals surface area contributed by atoms with E-state index in [1.165, 1.54) is 0 Å². The molecule has 0 spiro atoms. The number of nitrogens with zero attached hydrogens (tertiary/aromatic N) is 4. The molecule has 2 aliphatic heterocycles. The van der Waals surface area contributed by atoms with Crippen LogP contribution in [0.5, 0.6) is 0 Å². The number of aliphatic hydroxyl groups excluding tert-OH is 2. The van der Waals surface area contributed by atoms with Crippen LogP contribution in [0.2, 0.25) is 0 Å². The summed E-state index contributed by atoms with van der Waals surface area (Å²) in [4.78, 5) is 27.6. The van der Waals surface area contributed by atoms with Crippen molar-refractivity contribution in [3.63, 3.8) is 0 Å². The fourth-order valence-corrected chi connectivity index (χ4v) is 2.33. The van der Waals surface area contributed by atoms with Crippen LogP contribution < -0.4 is 0 Å². The van der Waals surface area contributed by atoms with Crippen molar-refractivity contribution in [2.45, 2.75) is 50.7 Å². The molecule has 0 aromatic carbocycles. The largest absolute Gasteiger partial charge is 0.455 e. The predicted molar refractivity (Wildman–Crippen MR) is 69.5 cm³/mol. The van der Waals surface area contributed by atoms with Crippen LogP contribution in [0, 0.1) is 0 Å². The van der Waals surface area contributed by atoms with Crippen LogP contribution in [0.25, 0.3) is 10.4 Å². The summed E-state index contributed by atoms with van der Waals surface area (Å²) in [5.74, 6) is -1.40. The van der Waals surface area contributed by atoms with Gasteiger partial charge in [0.15, 0.2) is 0 Å². The minimum atomic E-state index is -1.35. The van der Waals surface area contributed by atoms with Gasteiger partial charge in [-0.25, -0.2) is 4.79 Å². The number of aliphatic hydroxyl groups is 2. The second-order valence-corrected chi connectivity index (χ2v) is 5.88. The molecule has 0 aromatic heterocycles. The lowest BCUT2D eigenvalue weighted by atomic mass is 9.83. The number of ether oxygens (including phenoxy) is 1. The molecule has 2 rings (SSSR count). The lowest BCUT2D eigenvalue weighted by Gasteiger charge is -2.50. The molecule has 21 heavy (non-hydrogen) atoms. The number of hydrogen-bond acceptors (Lipinski definition) is 6. The first-order valence-corrected chi connectivity index (χ1v) is 6.36. The minimum Gasteiger partial charge on any atom is -0.455 e. The summed E-state index contributed by atoms with van der Waals surface area (Å²) in [6, 6.07) is -2.10. The molecule has 1 saturated heterocycles. The summed E-state index contributed by atoms with van der Waals surface area (Å²) < 4.78 is 5.16. The number of azide groups is 1. The van der Waals surface area contributed by atoms with E-state index in [1.807, 2.05) is 0 Å². The quantitative estimate of drug-likeness (QED) is 0.240. The number of esters is 1. The average molecular weight is 296 g/mol. The summed E-state index contributed by atoms with van der Waals surface area (Å²) in [5, 5.41) is 23.0. The van der Waals surface area contributed by atoms with Gasteiger partial charge < -0.3 is 14.9 Å². The molecule has 0 saturated carbocycles. The molecule has 9 nitrogen and oxygen atoms in total. The highest BCUT2D eigenvalue weighted by Crippen LogP contribution is 2.36. The Labute approximate surface area is 120 Å². The van der Waals surface area contributed by atoms with Crippen molar-refractivity contribution in [2.75, 3.05) is 0 Å². The zero-order valence-electron chi connectivity index (χ0n) is 11.8. The normalized spacial score (nSPS) is 31.6. The van der Waals surface area contributed by atoms with Crippen molar-refractivity contribution in [3.05, 3.63) is 22.2 Å². The van der Waals surface area contributed by atoms with Crippen LogP contribution in [0.15, 0.2) is 16.9 Å². The number of amides is 1. The minimum absolute atomic E-state index is 0.151. The Morgan fingerprint density at radius 2 is 2.10 bits per heavy atom. The first-order chi connectivity index (χ1) is 9.67. The molecule has 2 heterocycles. The lowest BCUT2D eigenvalue weighted by Crippen LogP contribution is -2.71. The van der Waals surface area contributed by atoms with E-state index in [4.69, 9.17) is 10.3 Å². The standard InChI is InChI=1S/C12H16N4O5/c1-12(2,3)21-11(20)5-4-6(17)9(18)8-7(14-15-13)10(19)16(5)8/h4,6-9,17-18H,1-3H3/t6-,7-,8-,9+/m0/s1. The fourth-order valence-electron chi connectivity index (χ4n) is 2.33. The van der Waals surface area contributed by atoms with E-state index in [9.17, 15) is 19.8 Å². The second-order valence-electron chi connectivity index (χ2n) is 5.88. The molecule has 0 aliphatic carbocycles. The van der Waals surface area contributed by atoms with E-state index in [0.717, 1.165) is 11.0 Å². The third-order valence-corrected chi connectivity index (χ3v) is 3.18.